The quantitative estimate of drug-likeness (QED) is 0.228. The summed E-state index contributed by atoms with van der Waals surface area (Å²) in [5, 5.41) is 8.85. The molecule has 3 aromatic carbocycles. The minimum Gasteiger partial charge on any atom is -0.489 e. The van der Waals surface area contributed by atoms with Crippen LogP contribution in [0.4, 0.5) is 29.3 Å². The summed E-state index contributed by atoms with van der Waals surface area (Å²) >= 11 is 0. The summed E-state index contributed by atoms with van der Waals surface area (Å²) in [6.07, 6.45) is -1.46. The molecule has 5 rings (SSSR count). The number of urea groups is 1. The number of amides is 2. The lowest BCUT2D eigenvalue weighted by molar-refractivity contribution is -0.274. The molecule has 42 heavy (non-hydrogen) atoms. The van der Waals surface area contributed by atoms with E-state index in [4.69, 9.17) is 4.74 Å². The number of halogens is 3. The number of aromatic nitrogens is 1. The number of pyridine rings is 1. The summed E-state index contributed by atoms with van der Waals surface area (Å²) in [6.45, 7) is 3.65. The fourth-order valence-corrected chi connectivity index (χ4v) is 4.67. The number of hydrogen-bond donors (Lipinski definition) is 3. The first-order chi connectivity index (χ1) is 20.3. The number of hydrogen-bond acceptors (Lipinski definition) is 6. The number of nitrogens with one attached hydrogen (secondary N) is 3. The average molecular weight is 578 g/mol. The molecule has 0 atom stereocenters. The number of anilines is 2. The Kier molecular flexibility index (Phi) is 9.08. The van der Waals surface area contributed by atoms with Gasteiger partial charge >= 0.3 is 12.4 Å². The van der Waals surface area contributed by atoms with Gasteiger partial charge in [0.25, 0.3) is 0 Å². The first-order valence-corrected chi connectivity index (χ1v) is 13.4. The van der Waals surface area contributed by atoms with Crippen molar-refractivity contribution in [2.24, 2.45) is 0 Å². The Morgan fingerprint density at radius 1 is 0.929 bits per heavy atom. The Morgan fingerprint density at radius 3 is 2.43 bits per heavy atom. The number of carbonyl (C=O) groups excluding carboxylic acids is 1. The van der Waals surface area contributed by atoms with E-state index in [1.165, 1.54) is 12.1 Å². The largest absolute Gasteiger partial charge is 0.573 e. The van der Waals surface area contributed by atoms with Crippen LogP contribution in [0.25, 0.3) is 11.1 Å². The van der Waals surface area contributed by atoms with Crippen molar-refractivity contribution in [3.8, 4) is 22.6 Å². The molecule has 1 aliphatic heterocycles. The van der Waals surface area contributed by atoms with E-state index >= 15 is 0 Å². The number of nitrogens with zero attached hydrogens (tertiary/aromatic N) is 2. The molecule has 4 aromatic rings. The van der Waals surface area contributed by atoms with E-state index in [-0.39, 0.29) is 18.4 Å². The highest BCUT2D eigenvalue weighted by atomic mass is 19.4. The Bertz CT molecular complexity index is 1480. The second kappa shape index (κ2) is 13.3. The van der Waals surface area contributed by atoms with Crippen LogP contribution in [0.1, 0.15) is 11.1 Å². The SMILES string of the molecule is O=C(NCc1cccnc1)Nc1ccc(OCc2ccc(OC(F)(F)F)cc2-c2ccccc2N2CCNCC2)cc1. The maximum atomic E-state index is 13.1. The Balaban J connectivity index is 1.30. The van der Waals surface area contributed by atoms with Crippen LogP contribution in [0.15, 0.2) is 91.3 Å². The summed E-state index contributed by atoms with van der Waals surface area (Å²) in [7, 11) is 0. The highest BCUT2D eigenvalue weighted by Crippen LogP contribution is 2.37. The van der Waals surface area contributed by atoms with E-state index < -0.39 is 6.36 Å². The first-order valence-electron chi connectivity index (χ1n) is 13.4. The monoisotopic (exact) mass is 577 g/mol. The third-order valence-corrected chi connectivity index (χ3v) is 6.65. The highest BCUT2D eigenvalue weighted by Gasteiger charge is 2.31. The van der Waals surface area contributed by atoms with Gasteiger partial charge in [-0.25, -0.2) is 4.79 Å². The molecular weight excluding hydrogens is 547 g/mol. The van der Waals surface area contributed by atoms with Crippen molar-refractivity contribution in [3.05, 3.63) is 102 Å². The van der Waals surface area contributed by atoms with E-state index in [9.17, 15) is 18.0 Å². The predicted molar refractivity (Wildman–Crippen MR) is 155 cm³/mol. The van der Waals surface area contributed by atoms with Crippen LogP contribution in [0, 0.1) is 0 Å². The minimum absolute atomic E-state index is 0.107. The maximum Gasteiger partial charge on any atom is 0.573 e. The number of piperazine rings is 1. The fraction of sp³-hybridized carbons (Fsp3) is 0.226. The van der Waals surface area contributed by atoms with Crippen molar-refractivity contribution in [3.63, 3.8) is 0 Å². The van der Waals surface area contributed by atoms with Crippen LogP contribution < -0.4 is 30.3 Å². The van der Waals surface area contributed by atoms with Gasteiger partial charge in [0.2, 0.25) is 0 Å². The van der Waals surface area contributed by atoms with Gasteiger partial charge in [0, 0.05) is 62.1 Å². The van der Waals surface area contributed by atoms with Gasteiger partial charge < -0.3 is 30.3 Å². The van der Waals surface area contributed by atoms with E-state index in [0.29, 0.717) is 29.1 Å². The van der Waals surface area contributed by atoms with Crippen molar-refractivity contribution < 1.29 is 27.4 Å². The number of carbonyl (C=O) groups is 1. The van der Waals surface area contributed by atoms with E-state index in [1.807, 2.05) is 30.3 Å². The van der Waals surface area contributed by atoms with E-state index in [0.717, 1.165) is 43.0 Å². The van der Waals surface area contributed by atoms with Crippen LogP contribution in [-0.4, -0.2) is 43.6 Å². The number of benzene rings is 3. The number of rotatable bonds is 9. The van der Waals surface area contributed by atoms with Gasteiger partial charge in [-0.3, -0.25) is 4.98 Å². The van der Waals surface area contributed by atoms with Crippen LogP contribution in [-0.2, 0) is 13.2 Å². The van der Waals surface area contributed by atoms with Gasteiger partial charge in [-0.15, -0.1) is 13.2 Å². The molecule has 0 spiro atoms. The average Bonchev–Trinajstić information content (AvgIpc) is 3.00. The molecule has 218 valence electrons. The van der Waals surface area contributed by atoms with Gasteiger partial charge in [-0.05, 0) is 65.2 Å². The Morgan fingerprint density at radius 2 is 1.69 bits per heavy atom. The van der Waals surface area contributed by atoms with Gasteiger partial charge in [-0.2, -0.15) is 0 Å². The summed E-state index contributed by atoms with van der Waals surface area (Å²) < 4.78 is 49.4. The lowest BCUT2D eigenvalue weighted by Gasteiger charge is -2.31. The molecule has 1 aliphatic rings. The molecular formula is C31H30F3N5O3. The highest BCUT2D eigenvalue weighted by molar-refractivity contribution is 5.89. The van der Waals surface area contributed by atoms with Gasteiger partial charge in [0.05, 0.1) is 0 Å². The van der Waals surface area contributed by atoms with Crippen molar-refractivity contribution in [2.45, 2.75) is 19.5 Å². The smallest absolute Gasteiger partial charge is 0.489 e. The van der Waals surface area contributed by atoms with Crippen molar-refractivity contribution >= 4 is 17.4 Å². The third-order valence-electron chi connectivity index (χ3n) is 6.65. The molecule has 11 heteroatoms. The number of ether oxygens (including phenoxy) is 2. The predicted octanol–water partition coefficient (Wildman–Crippen LogP) is 5.96. The molecule has 0 bridgehead atoms. The fourth-order valence-electron chi connectivity index (χ4n) is 4.67. The van der Waals surface area contributed by atoms with Gasteiger partial charge in [0.15, 0.2) is 0 Å². The molecule has 0 radical (unpaired) electrons. The van der Waals surface area contributed by atoms with E-state index in [1.54, 1.807) is 48.8 Å². The topological polar surface area (TPSA) is 87.8 Å². The van der Waals surface area contributed by atoms with Crippen molar-refractivity contribution in [1.29, 1.82) is 0 Å². The summed E-state index contributed by atoms with van der Waals surface area (Å²) in [5.41, 5.74) is 4.47. The third kappa shape index (κ3) is 7.91. The van der Waals surface area contributed by atoms with Crippen LogP contribution in [0.2, 0.25) is 0 Å². The molecule has 1 saturated heterocycles. The standard InChI is InChI=1S/C31H30F3N5O3/c32-31(33,34)42-26-10-7-23(28(18-26)27-5-1-2-6-29(27)39-16-14-35-15-17-39)21-41-25-11-8-24(9-12-25)38-30(40)37-20-22-4-3-13-36-19-22/h1-13,18-19,35H,14-17,20-21H2,(H2,37,38,40). The van der Waals surface area contributed by atoms with Crippen molar-refractivity contribution in [1.82, 2.24) is 15.6 Å². The summed E-state index contributed by atoms with van der Waals surface area (Å²) in [4.78, 5) is 18.5. The molecule has 3 N–H and O–H groups in total. The first kappa shape index (κ1) is 28.7. The zero-order chi connectivity index (χ0) is 29.4. The number of alkyl halides is 3. The van der Waals surface area contributed by atoms with Crippen LogP contribution in [0.5, 0.6) is 11.5 Å². The van der Waals surface area contributed by atoms with Gasteiger partial charge in [0.1, 0.15) is 18.1 Å². The Hall–Kier alpha value is -4.77. The summed E-state index contributed by atoms with van der Waals surface area (Å²) in [5.74, 6) is 0.238. The molecule has 1 aromatic heterocycles. The Labute approximate surface area is 241 Å². The molecule has 2 amide bonds. The maximum absolute atomic E-state index is 13.1. The molecule has 0 aliphatic carbocycles. The zero-order valence-corrected chi connectivity index (χ0v) is 22.7. The molecule has 2 heterocycles. The second-order valence-electron chi connectivity index (χ2n) is 9.60. The molecule has 8 nitrogen and oxygen atoms in total. The molecule has 1 fully saturated rings. The van der Waals surface area contributed by atoms with Crippen molar-refractivity contribution in [2.75, 3.05) is 36.4 Å². The molecule has 0 saturated carbocycles. The normalized spacial score (nSPS) is 13.4. The minimum atomic E-state index is -4.81. The van der Waals surface area contributed by atoms with Gasteiger partial charge in [-0.1, -0.05) is 30.3 Å². The lowest BCUT2D eigenvalue weighted by Crippen LogP contribution is -2.43. The second-order valence-corrected chi connectivity index (χ2v) is 9.60. The number of para-hydroxylation sites is 1. The van der Waals surface area contributed by atoms with E-state index in [2.05, 4.69) is 30.6 Å². The summed E-state index contributed by atoms with van der Waals surface area (Å²) in [6, 6.07) is 22.1. The lowest BCUT2D eigenvalue weighted by atomic mass is 9.97. The molecule has 0 unspecified atom stereocenters. The zero-order valence-electron chi connectivity index (χ0n) is 22.7. The van der Waals surface area contributed by atoms with Crippen LogP contribution >= 0.6 is 0 Å². The van der Waals surface area contributed by atoms with Crippen LogP contribution in [0.3, 0.4) is 0 Å².